The second-order valence-electron chi connectivity index (χ2n) is 10.7. The summed E-state index contributed by atoms with van der Waals surface area (Å²) >= 11 is 0. The van der Waals surface area contributed by atoms with Gasteiger partial charge in [-0.15, -0.1) is 0 Å². The molecule has 2 aromatic rings. The highest BCUT2D eigenvalue weighted by molar-refractivity contribution is 7.89. The lowest BCUT2D eigenvalue weighted by Crippen LogP contribution is -2.51. The van der Waals surface area contributed by atoms with E-state index in [1.54, 1.807) is 12.1 Å². The molecule has 1 saturated carbocycles. The smallest absolute Gasteiger partial charge is 0.407 e. The zero-order valence-corrected chi connectivity index (χ0v) is 24.5. The lowest BCUT2D eigenvalue weighted by Gasteiger charge is -2.31. The third kappa shape index (κ3) is 8.63. The van der Waals surface area contributed by atoms with Crippen LogP contribution in [0.1, 0.15) is 32.3 Å². The minimum Gasteiger partial charge on any atom is -0.497 e. The van der Waals surface area contributed by atoms with Gasteiger partial charge in [-0.2, -0.15) is 4.31 Å². The van der Waals surface area contributed by atoms with Crippen molar-refractivity contribution in [1.29, 1.82) is 0 Å². The second-order valence-corrected chi connectivity index (χ2v) is 12.7. The van der Waals surface area contributed by atoms with E-state index in [0.29, 0.717) is 18.6 Å². The molecule has 0 unspecified atom stereocenters. The van der Waals surface area contributed by atoms with Crippen LogP contribution in [0.3, 0.4) is 0 Å². The number of nitrogens with zero attached hydrogens (tertiary/aromatic N) is 1. The molecule has 2 aliphatic rings. The maximum absolute atomic E-state index is 13.6. The van der Waals surface area contributed by atoms with Gasteiger partial charge >= 0.3 is 6.09 Å². The highest BCUT2D eigenvalue weighted by Crippen LogP contribution is 2.29. The fraction of sp³-hybridized carbons (Fsp3) is 0.552. The third-order valence-corrected chi connectivity index (χ3v) is 8.98. The molecule has 0 bridgehead atoms. The van der Waals surface area contributed by atoms with E-state index in [0.717, 1.165) is 5.56 Å². The van der Waals surface area contributed by atoms with Crippen LogP contribution < -0.4 is 10.1 Å². The molecule has 0 radical (unpaired) electrons. The van der Waals surface area contributed by atoms with Crippen molar-refractivity contribution >= 4 is 16.1 Å². The van der Waals surface area contributed by atoms with Crippen LogP contribution in [0.5, 0.6) is 5.75 Å². The van der Waals surface area contributed by atoms with Crippen LogP contribution in [0.2, 0.25) is 0 Å². The fourth-order valence-electron chi connectivity index (χ4n) is 5.07. The molecule has 1 aliphatic heterocycles. The summed E-state index contributed by atoms with van der Waals surface area (Å²) in [4.78, 5) is 13.1. The lowest BCUT2D eigenvalue weighted by molar-refractivity contribution is -0.0963. The Balaban J connectivity index is 1.48. The summed E-state index contributed by atoms with van der Waals surface area (Å²) < 4.78 is 55.7. The number of hydrogen-bond acceptors (Lipinski definition) is 9. The number of amides is 1. The SMILES string of the molecule is COc1ccc(S(=O)(=O)N(CC(C)C)C[C@@H](O)[C@H](Cc2ccccc2)NC(=O)O[C@@H]2C[C@@H]3OCOCO[C@@H]3C2)cc1. The molecule has 11 nitrogen and oxygen atoms in total. The van der Waals surface area contributed by atoms with Crippen LogP contribution in [0.4, 0.5) is 4.79 Å². The van der Waals surface area contributed by atoms with E-state index in [9.17, 15) is 18.3 Å². The first-order chi connectivity index (χ1) is 19.7. The first kappa shape index (κ1) is 31.2. The molecule has 0 spiro atoms. The summed E-state index contributed by atoms with van der Waals surface area (Å²) in [5.41, 5.74) is 0.871. The van der Waals surface area contributed by atoms with E-state index in [1.165, 1.54) is 23.5 Å². The third-order valence-electron chi connectivity index (χ3n) is 7.13. The number of aliphatic hydroxyl groups is 1. The highest BCUT2D eigenvalue weighted by atomic mass is 32.2. The highest BCUT2D eigenvalue weighted by Gasteiger charge is 2.40. The van der Waals surface area contributed by atoms with E-state index in [-0.39, 0.29) is 56.1 Å². The Morgan fingerprint density at radius 1 is 1.02 bits per heavy atom. The molecular formula is C29H40N2O9S. The van der Waals surface area contributed by atoms with Gasteiger partial charge in [-0.1, -0.05) is 44.2 Å². The van der Waals surface area contributed by atoms with Crippen molar-refractivity contribution in [3.8, 4) is 5.75 Å². The minimum atomic E-state index is -3.95. The molecular weight excluding hydrogens is 552 g/mol. The van der Waals surface area contributed by atoms with Crippen molar-refractivity contribution in [3.63, 3.8) is 0 Å². The van der Waals surface area contributed by atoms with Crippen LogP contribution in [0.25, 0.3) is 0 Å². The van der Waals surface area contributed by atoms with Crippen LogP contribution in [-0.4, -0.2) is 88.2 Å². The number of carbonyl (C=O) groups excluding carboxylic acids is 1. The summed E-state index contributed by atoms with van der Waals surface area (Å²) in [7, 11) is -2.44. The van der Waals surface area contributed by atoms with E-state index >= 15 is 0 Å². The fourth-order valence-corrected chi connectivity index (χ4v) is 6.69. The molecule has 1 heterocycles. The predicted molar refractivity (Wildman–Crippen MR) is 150 cm³/mol. The maximum atomic E-state index is 13.6. The summed E-state index contributed by atoms with van der Waals surface area (Å²) in [5.74, 6) is 0.527. The number of aliphatic hydroxyl groups excluding tert-OH is 1. The van der Waals surface area contributed by atoms with Gasteiger partial charge in [0, 0.05) is 25.9 Å². The number of ether oxygens (including phenoxy) is 5. The number of hydrogen-bond donors (Lipinski definition) is 2. The predicted octanol–water partition coefficient (Wildman–Crippen LogP) is 2.92. The molecule has 0 aromatic heterocycles. The molecule has 2 fully saturated rings. The van der Waals surface area contributed by atoms with E-state index < -0.39 is 34.4 Å². The molecule has 12 heteroatoms. The molecule has 1 saturated heterocycles. The average Bonchev–Trinajstić information content (AvgIpc) is 3.19. The molecule has 2 aromatic carbocycles. The van der Waals surface area contributed by atoms with E-state index in [4.69, 9.17) is 23.7 Å². The summed E-state index contributed by atoms with van der Waals surface area (Å²) in [6, 6.07) is 14.7. The quantitative estimate of drug-likeness (QED) is 0.382. The van der Waals surface area contributed by atoms with Gasteiger partial charge in [0.05, 0.1) is 36.4 Å². The Morgan fingerprint density at radius 2 is 1.66 bits per heavy atom. The van der Waals surface area contributed by atoms with Crippen LogP contribution >= 0.6 is 0 Å². The van der Waals surface area contributed by atoms with Crippen LogP contribution in [0.15, 0.2) is 59.5 Å². The van der Waals surface area contributed by atoms with Gasteiger partial charge < -0.3 is 34.1 Å². The zero-order valence-electron chi connectivity index (χ0n) is 23.7. The Labute approximate surface area is 241 Å². The average molecular weight is 593 g/mol. The number of rotatable bonds is 12. The number of fused-ring (bicyclic) bond motifs is 1. The number of methoxy groups -OCH3 is 1. The first-order valence-corrected chi connectivity index (χ1v) is 15.2. The van der Waals surface area contributed by atoms with Gasteiger partial charge in [0.2, 0.25) is 10.0 Å². The standard InChI is InChI=1S/C29H40N2O9S/c1-20(2)16-31(41(34,35)24-11-9-22(36-3)10-12-24)17-26(32)25(13-21-7-5-4-6-8-21)30-29(33)40-23-14-27-28(15-23)39-19-37-18-38-27/h4-12,20,23,25-28,32H,13-19H2,1-3H3,(H,30,33)/t23-,25-,26+,27+,28-/m0/s1. The Hall–Kier alpha value is -2.74. The molecule has 2 N–H and O–H groups in total. The molecule has 41 heavy (non-hydrogen) atoms. The van der Waals surface area contributed by atoms with Gasteiger partial charge in [0.15, 0.2) is 0 Å². The summed E-state index contributed by atoms with van der Waals surface area (Å²) in [6.45, 7) is 4.01. The number of nitrogens with one attached hydrogen (secondary N) is 1. The van der Waals surface area contributed by atoms with Gasteiger partial charge in [-0.3, -0.25) is 0 Å². The number of sulfonamides is 1. The Bertz CT molecular complexity index is 1200. The Kier molecular flexibility index (Phi) is 11.0. The van der Waals surface area contributed by atoms with Crippen LogP contribution in [-0.2, 0) is 35.4 Å². The number of alkyl carbamates (subject to hydrolysis) is 1. The summed E-state index contributed by atoms with van der Waals surface area (Å²) in [5, 5.41) is 14.2. The molecule has 4 rings (SSSR count). The van der Waals surface area contributed by atoms with Crippen molar-refractivity contribution in [1.82, 2.24) is 9.62 Å². The topological polar surface area (TPSA) is 133 Å². The maximum Gasteiger partial charge on any atom is 0.407 e. The normalized spacial score (nSPS) is 22.5. The monoisotopic (exact) mass is 592 g/mol. The first-order valence-electron chi connectivity index (χ1n) is 13.8. The van der Waals surface area contributed by atoms with Gasteiger partial charge in [-0.05, 0) is 42.2 Å². The van der Waals surface area contributed by atoms with Crippen molar-refractivity contribution in [3.05, 3.63) is 60.2 Å². The van der Waals surface area contributed by atoms with Gasteiger partial charge in [0.25, 0.3) is 0 Å². The lowest BCUT2D eigenvalue weighted by atomic mass is 10.0. The van der Waals surface area contributed by atoms with Gasteiger partial charge in [-0.25, -0.2) is 13.2 Å². The van der Waals surface area contributed by atoms with E-state index in [2.05, 4.69) is 5.32 Å². The molecule has 5 atom stereocenters. The number of benzene rings is 2. The van der Waals surface area contributed by atoms with Crippen molar-refractivity contribution in [2.75, 3.05) is 33.8 Å². The van der Waals surface area contributed by atoms with E-state index in [1.807, 2.05) is 44.2 Å². The molecule has 1 aliphatic carbocycles. The van der Waals surface area contributed by atoms with Crippen molar-refractivity contribution < 1.29 is 42.0 Å². The molecule has 1 amide bonds. The minimum absolute atomic E-state index is 0.00865. The largest absolute Gasteiger partial charge is 0.497 e. The van der Waals surface area contributed by atoms with Crippen molar-refractivity contribution in [2.24, 2.45) is 5.92 Å². The van der Waals surface area contributed by atoms with Gasteiger partial charge in [0.1, 0.15) is 25.4 Å². The zero-order chi connectivity index (χ0) is 29.4. The van der Waals surface area contributed by atoms with Crippen LogP contribution in [0, 0.1) is 5.92 Å². The number of carbonyl (C=O) groups is 1. The molecule has 226 valence electrons. The second kappa shape index (κ2) is 14.4. The summed E-state index contributed by atoms with van der Waals surface area (Å²) in [6.07, 6.45) is -1.60. The Morgan fingerprint density at radius 3 is 2.24 bits per heavy atom. The van der Waals surface area contributed by atoms with Crippen molar-refractivity contribution in [2.45, 2.75) is 68.5 Å².